The number of rotatable bonds is 7. The predicted octanol–water partition coefficient (Wildman–Crippen LogP) is 2.92. The number of methoxy groups -OCH3 is 2. The molecule has 0 aliphatic carbocycles. The minimum atomic E-state index is -0.418. The van der Waals surface area contributed by atoms with Crippen LogP contribution in [0.15, 0.2) is 48.2 Å². The Labute approximate surface area is 163 Å². The first-order valence-corrected chi connectivity index (χ1v) is 8.79. The van der Waals surface area contributed by atoms with Gasteiger partial charge in [-0.2, -0.15) is 0 Å². The highest BCUT2D eigenvalue weighted by atomic mass is 16.5. The van der Waals surface area contributed by atoms with Gasteiger partial charge < -0.3 is 19.5 Å². The maximum Gasteiger partial charge on any atom is 0.277 e. The number of hydrogen-bond acceptors (Lipinski definition) is 6. The second kappa shape index (κ2) is 8.04. The Morgan fingerprint density at radius 1 is 0.929 bits per heavy atom. The number of benzene rings is 2. The molecular formula is C21H22N2O5. The molecule has 1 aliphatic rings. The van der Waals surface area contributed by atoms with Gasteiger partial charge >= 0.3 is 0 Å². The average Bonchev–Trinajstić information content (AvgIpc) is 2.92. The number of anilines is 1. The molecule has 28 heavy (non-hydrogen) atoms. The number of carbonyl (C=O) groups is 2. The normalized spacial score (nSPS) is 13.8. The molecule has 2 amide bonds. The number of carbonyl (C=O) groups excluding carboxylic acids is 2. The highest BCUT2D eigenvalue weighted by Crippen LogP contribution is 2.35. The number of hydrogen-bond donors (Lipinski definition) is 1. The van der Waals surface area contributed by atoms with Gasteiger partial charge in [-0.3, -0.25) is 14.5 Å². The number of nitrogens with zero attached hydrogens (tertiary/aromatic N) is 1. The van der Waals surface area contributed by atoms with Gasteiger partial charge in [0.2, 0.25) is 0 Å². The van der Waals surface area contributed by atoms with Gasteiger partial charge in [-0.05, 0) is 36.8 Å². The third kappa shape index (κ3) is 3.51. The fourth-order valence-electron chi connectivity index (χ4n) is 2.96. The van der Waals surface area contributed by atoms with Crippen molar-refractivity contribution >= 4 is 23.1 Å². The largest absolute Gasteiger partial charge is 0.497 e. The van der Waals surface area contributed by atoms with Gasteiger partial charge in [-0.15, -0.1) is 0 Å². The molecule has 146 valence electrons. The van der Waals surface area contributed by atoms with Crippen LogP contribution in [0, 0.1) is 0 Å². The molecule has 0 saturated carbocycles. The molecule has 0 radical (unpaired) electrons. The molecule has 3 rings (SSSR count). The van der Waals surface area contributed by atoms with Crippen molar-refractivity contribution in [1.29, 1.82) is 0 Å². The lowest BCUT2D eigenvalue weighted by Gasteiger charge is -2.14. The smallest absolute Gasteiger partial charge is 0.277 e. The monoisotopic (exact) mass is 382 g/mol. The minimum Gasteiger partial charge on any atom is -0.497 e. The summed E-state index contributed by atoms with van der Waals surface area (Å²) in [4.78, 5) is 26.5. The summed E-state index contributed by atoms with van der Waals surface area (Å²) in [6, 6.07) is 12.2. The summed E-state index contributed by atoms with van der Waals surface area (Å²) in [5.41, 5.74) is 1.62. The summed E-state index contributed by atoms with van der Waals surface area (Å²) in [6.45, 7) is 2.44. The molecule has 0 fully saturated rings. The lowest BCUT2D eigenvalue weighted by molar-refractivity contribution is -0.135. The van der Waals surface area contributed by atoms with E-state index >= 15 is 0 Å². The predicted molar refractivity (Wildman–Crippen MR) is 105 cm³/mol. The highest BCUT2D eigenvalue weighted by Gasteiger charge is 2.37. The number of imide groups is 1. The van der Waals surface area contributed by atoms with Crippen LogP contribution >= 0.6 is 0 Å². The van der Waals surface area contributed by atoms with Crippen LogP contribution < -0.4 is 19.5 Å². The molecule has 1 heterocycles. The zero-order valence-corrected chi connectivity index (χ0v) is 16.2. The molecule has 1 N–H and O–H groups in total. The van der Waals surface area contributed by atoms with Crippen molar-refractivity contribution in [3.8, 4) is 17.2 Å². The van der Waals surface area contributed by atoms with Crippen molar-refractivity contribution in [1.82, 2.24) is 4.90 Å². The van der Waals surface area contributed by atoms with E-state index in [9.17, 15) is 9.59 Å². The van der Waals surface area contributed by atoms with E-state index in [1.807, 2.05) is 6.92 Å². The van der Waals surface area contributed by atoms with Crippen LogP contribution in [0.5, 0.6) is 17.2 Å². The molecule has 1 aliphatic heterocycles. The van der Waals surface area contributed by atoms with Crippen molar-refractivity contribution in [2.24, 2.45) is 0 Å². The van der Waals surface area contributed by atoms with Gasteiger partial charge in [0.15, 0.2) is 0 Å². The Morgan fingerprint density at radius 3 is 2.21 bits per heavy atom. The summed E-state index contributed by atoms with van der Waals surface area (Å²) in [5, 5.41) is 3.07. The molecule has 0 aromatic heterocycles. The summed E-state index contributed by atoms with van der Waals surface area (Å²) < 4.78 is 16.1. The topological polar surface area (TPSA) is 77.1 Å². The van der Waals surface area contributed by atoms with Crippen molar-refractivity contribution < 1.29 is 23.8 Å². The van der Waals surface area contributed by atoms with E-state index in [0.717, 1.165) is 4.90 Å². The third-order valence-electron chi connectivity index (χ3n) is 4.41. The Bertz CT molecular complexity index is 934. The van der Waals surface area contributed by atoms with Crippen LogP contribution in [-0.4, -0.2) is 44.6 Å². The third-order valence-corrected chi connectivity index (χ3v) is 4.41. The average molecular weight is 382 g/mol. The van der Waals surface area contributed by atoms with E-state index in [0.29, 0.717) is 40.7 Å². The minimum absolute atomic E-state index is 0.184. The van der Waals surface area contributed by atoms with Crippen LogP contribution in [0.3, 0.4) is 0 Å². The Morgan fingerprint density at radius 2 is 1.61 bits per heavy atom. The van der Waals surface area contributed by atoms with Crippen LogP contribution in [0.25, 0.3) is 5.57 Å². The van der Waals surface area contributed by atoms with E-state index in [1.165, 1.54) is 14.2 Å². The zero-order chi connectivity index (χ0) is 20.3. The summed E-state index contributed by atoms with van der Waals surface area (Å²) in [5.74, 6) is 1.02. The standard InChI is InChI=1S/C21H22N2O5/c1-5-28-14-8-6-13(7-9-14)18-19(21(25)23(2)20(18)24)22-16-12-15(26-3)10-11-17(16)27-4/h6-12,22H,5H2,1-4H3. The molecule has 2 aromatic carbocycles. The lowest BCUT2D eigenvalue weighted by atomic mass is 10.0. The van der Waals surface area contributed by atoms with Gasteiger partial charge in [0.25, 0.3) is 11.8 Å². The quantitative estimate of drug-likeness (QED) is 0.742. The fourth-order valence-corrected chi connectivity index (χ4v) is 2.96. The van der Waals surface area contributed by atoms with Gasteiger partial charge in [0.1, 0.15) is 22.9 Å². The van der Waals surface area contributed by atoms with Crippen LogP contribution in [-0.2, 0) is 9.59 Å². The van der Waals surface area contributed by atoms with E-state index in [2.05, 4.69) is 5.32 Å². The second-order valence-corrected chi connectivity index (χ2v) is 6.07. The zero-order valence-electron chi connectivity index (χ0n) is 16.2. The first-order chi connectivity index (χ1) is 13.5. The Balaban J connectivity index is 2.06. The molecule has 0 unspecified atom stereocenters. The fraction of sp³-hybridized carbons (Fsp3) is 0.238. The summed E-state index contributed by atoms with van der Waals surface area (Å²) in [7, 11) is 4.54. The Hall–Kier alpha value is -3.48. The molecular weight excluding hydrogens is 360 g/mol. The summed E-state index contributed by atoms with van der Waals surface area (Å²) in [6.07, 6.45) is 0. The SMILES string of the molecule is CCOc1ccc(C2=C(Nc3cc(OC)ccc3OC)C(=O)N(C)C2=O)cc1. The summed E-state index contributed by atoms with van der Waals surface area (Å²) >= 11 is 0. The van der Waals surface area contributed by atoms with Crippen molar-refractivity contribution in [2.75, 3.05) is 33.2 Å². The first kappa shape index (κ1) is 19.3. The van der Waals surface area contributed by atoms with E-state index in [-0.39, 0.29) is 11.6 Å². The van der Waals surface area contributed by atoms with Gasteiger partial charge in [-0.25, -0.2) is 0 Å². The van der Waals surface area contributed by atoms with Gasteiger partial charge in [-0.1, -0.05) is 12.1 Å². The molecule has 0 bridgehead atoms. The number of ether oxygens (including phenoxy) is 3. The van der Waals surface area contributed by atoms with Crippen molar-refractivity contribution in [2.45, 2.75) is 6.92 Å². The second-order valence-electron chi connectivity index (χ2n) is 6.07. The number of amides is 2. The first-order valence-electron chi connectivity index (χ1n) is 8.79. The van der Waals surface area contributed by atoms with Gasteiger partial charge in [0.05, 0.1) is 32.1 Å². The lowest BCUT2D eigenvalue weighted by Crippen LogP contribution is -2.28. The van der Waals surface area contributed by atoms with Crippen LogP contribution in [0.4, 0.5) is 5.69 Å². The van der Waals surface area contributed by atoms with E-state index < -0.39 is 5.91 Å². The molecule has 7 heteroatoms. The highest BCUT2D eigenvalue weighted by molar-refractivity contribution is 6.36. The van der Waals surface area contributed by atoms with Gasteiger partial charge in [0, 0.05) is 13.1 Å². The van der Waals surface area contributed by atoms with Crippen LogP contribution in [0.1, 0.15) is 12.5 Å². The maximum atomic E-state index is 12.7. The van der Waals surface area contributed by atoms with Crippen molar-refractivity contribution in [3.63, 3.8) is 0 Å². The van der Waals surface area contributed by atoms with Crippen molar-refractivity contribution in [3.05, 3.63) is 53.7 Å². The van der Waals surface area contributed by atoms with Crippen LogP contribution in [0.2, 0.25) is 0 Å². The molecule has 0 spiro atoms. The molecule has 2 aromatic rings. The molecule has 7 nitrogen and oxygen atoms in total. The molecule has 0 atom stereocenters. The molecule has 0 saturated heterocycles. The number of likely N-dealkylation sites (N-methyl/N-ethyl adjacent to an activating group) is 1. The number of nitrogens with one attached hydrogen (secondary N) is 1. The maximum absolute atomic E-state index is 12.7. The van der Waals surface area contributed by atoms with E-state index in [1.54, 1.807) is 49.6 Å². The van der Waals surface area contributed by atoms with E-state index in [4.69, 9.17) is 14.2 Å². The Kier molecular flexibility index (Phi) is 5.54.